The Morgan fingerprint density at radius 2 is 2.16 bits per heavy atom. The molecule has 0 bridgehead atoms. The van der Waals surface area contributed by atoms with Gasteiger partial charge < -0.3 is 25.3 Å². The third kappa shape index (κ3) is 5.35. The van der Waals surface area contributed by atoms with E-state index in [9.17, 15) is 5.11 Å². The molecular formula is C11H21N5O3. The van der Waals surface area contributed by atoms with Crippen molar-refractivity contribution in [3.8, 4) is 0 Å². The summed E-state index contributed by atoms with van der Waals surface area (Å²) in [7, 11) is 1.57. The van der Waals surface area contributed by atoms with Crippen molar-refractivity contribution in [3.05, 3.63) is 11.9 Å². The number of nitrogens with two attached hydrogens (primary N) is 1. The molecule has 1 unspecified atom stereocenters. The van der Waals surface area contributed by atoms with Gasteiger partial charge in [0.15, 0.2) is 5.82 Å². The van der Waals surface area contributed by atoms with Gasteiger partial charge >= 0.3 is 0 Å². The van der Waals surface area contributed by atoms with Crippen LogP contribution < -0.4 is 16.6 Å². The Labute approximate surface area is 112 Å². The highest BCUT2D eigenvalue weighted by atomic mass is 16.5. The first-order chi connectivity index (χ1) is 9.23. The largest absolute Gasteiger partial charge is 0.394 e. The lowest BCUT2D eigenvalue weighted by Crippen LogP contribution is -2.29. The number of hydrogen-bond acceptors (Lipinski definition) is 8. The Morgan fingerprint density at radius 3 is 2.74 bits per heavy atom. The van der Waals surface area contributed by atoms with Crippen LogP contribution in [0, 0.1) is 0 Å². The van der Waals surface area contributed by atoms with E-state index in [1.807, 2.05) is 6.92 Å². The van der Waals surface area contributed by atoms with Crippen LogP contribution in [0.5, 0.6) is 0 Å². The fourth-order valence-corrected chi connectivity index (χ4v) is 1.45. The maximum atomic E-state index is 9.20. The Morgan fingerprint density at radius 1 is 1.42 bits per heavy atom. The van der Waals surface area contributed by atoms with Crippen LogP contribution >= 0.6 is 0 Å². The monoisotopic (exact) mass is 271 g/mol. The van der Waals surface area contributed by atoms with E-state index in [0.717, 1.165) is 0 Å². The number of hydrazine groups is 1. The van der Waals surface area contributed by atoms with E-state index in [1.165, 1.54) is 0 Å². The van der Waals surface area contributed by atoms with Crippen molar-refractivity contribution in [2.24, 2.45) is 5.84 Å². The molecule has 0 amide bonds. The molecule has 5 N–H and O–H groups in total. The van der Waals surface area contributed by atoms with Crippen LogP contribution in [-0.2, 0) is 16.1 Å². The summed E-state index contributed by atoms with van der Waals surface area (Å²) in [6.45, 7) is 3.07. The number of aliphatic hydroxyl groups is 1. The summed E-state index contributed by atoms with van der Waals surface area (Å²) in [5.74, 6) is 6.89. The van der Waals surface area contributed by atoms with Crippen LogP contribution in [0.1, 0.15) is 12.7 Å². The molecule has 0 aliphatic rings. The van der Waals surface area contributed by atoms with E-state index >= 15 is 0 Å². The molecular weight excluding hydrogens is 250 g/mol. The third-order valence-electron chi connectivity index (χ3n) is 2.30. The summed E-state index contributed by atoms with van der Waals surface area (Å²) in [5.41, 5.74) is 2.47. The van der Waals surface area contributed by atoms with Gasteiger partial charge in [-0.05, 0) is 6.92 Å². The predicted octanol–water partition coefficient (Wildman–Crippen LogP) is -0.282. The lowest BCUT2D eigenvalue weighted by atomic mass is 10.3. The fourth-order valence-electron chi connectivity index (χ4n) is 1.45. The van der Waals surface area contributed by atoms with Gasteiger partial charge in [-0.1, -0.05) is 0 Å². The quantitative estimate of drug-likeness (QED) is 0.358. The number of aliphatic hydroxyl groups excluding tert-OH is 1. The molecule has 0 aliphatic carbocycles. The Hall–Kier alpha value is -1.48. The number of nitrogen functional groups attached to an aromatic ring is 1. The molecule has 108 valence electrons. The SMILES string of the molecule is CCOCc1nc(NN)cc(NC(CO)COC)n1. The molecule has 0 saturated carbocycles. The van der Waals surface area contributed by atoms with Crippen LogP contribution in [0.3, 0.4) is 0 Å². The minimum absolute atomic E-state index is 0.0655. The summed E-state index contributed by atoms with van der Waals surface area (Å²) in [6, 6.07) is 1.40. The van der Waals surface area contributed by atoms with Gasteiger partial charge in [0.05, 0.1) is 19.3 Å². The second kappa shape index (κ2) is 8.59. The van der Waals surface area contributed by atoms with Crippen LogP contribution in [0.2, 0.25) is 0 Å². The summed E-state index contributed by atoms with van der Waals surface area (Å²) in [6.07, 6.45) is 0. The van der Waals surface area contributed by atoms with Crippen LogP contribution in [0.25, 0.3) is 0 Å². The third-order valence-corrected chi connectivity index (χ3v) is 2.30. The number of methoxy groups -OCH3 is 1. The number of aromatic nitrogens is 2. The molecule has 1 aromatic rings. The highest BCUT2D eigenvalue weighted by molar-refractivity contribution is 5.47. The van der Waals surface area contributed by atoms with E-state index in [2.05, 4.69) is 20.7 Å². The van der Waals surface area contributed by atoms with Gasteiger partial charge in [0.1, 0.15) is 18.2 Å². The summed E-state index contributed by atoms with van der Waals surface area (Å²) >= 11 is 0. The first-order valence-electron chi connectivity index (χ1n) is 6.02. The number of nitrogens with one attached hydrogen (secondary N) is 2. The van der Waals surface area contributed by atoms with Crippen molar-refractivity contribution in [3.63, 3.8) is 0 Å². The van der Waals surface area contributed by atoms with Crippen molar-refractivity contribution < 1.29 is 14.6 Å². The van der Waals surface area contributed by atoms with Gasteiger partial charge in [0, 0.05) is 19.8 Å². The Kier molecular flexibility index (Phi) is 7.04. The Bertz CT molecular complexity index is 377. The molecule has 0 spiro atoms. The van der Waals surface area contributed by atoms with Crippen molar-refractivity contribution in [2.45, 2.75) is 19.6 Å². The molecule has 8 heteroatoms. The zero-order chi connectivity index (χ0) is 14.1. The average Bonchev–Trinajstić information content (AvgIpc) is 2.44. The second-order valence-corrected chi connectivity index (χ2v) is 3.82. The average molecular weight is 271 g/mol. The van der Waals surface area contributed by atoms with E-state index in [4.69, 9.17) is 15.3 Å². The van der Waals surface area contributed by atoms with Gasteiger partial charge in [0.2, 0.25) is 0 Å². The van der Waals surface area contributed by atoms with E-state index < -0.39 is 0 Å². The Balaban J connectivity index is 2.80. The second-order valence-electron chi connectivity index (χ2n) is 3.82. The van der Waals surface area contributed by atoms with E-state index in [1.54, 1.807) is 13.2 Å². The van der Waals surface area contributed by atoms with Gasteiger partial charge in [0.25, 0.3) is 0 Å². The van der Waals surface area contributed by atoms with Gasteiger partial charge in [-0.3, -0.25) is 0 Å². The molecule has 1 aromatic heterocycles. The van der Waals surface area contributed by atoms with Gasteiger partial charge in [-0.2, -0.15) is 0 Å². The van der Waals surface area contributed by atoms with Crippen molar-refractivity contribution in [1.82, 2.24) is 9.97 Å². The summed E-state index contributed by atoms with van der Waals surface area (Å²) < 4.78 is 10.2. The van der Waals surface area contributed by atoms with Crippen LogP contribution in [-0.4, -0.2) is 48.0 Å². The molecule has 8 nitrogen and oxygen atoms in total. The van der Waals surface area contributed by atoms with Crippen LogP contribution in [0.4, 0.5) is 11.6 Å². The first-order valence-corrected chi connectivity index (χ1v) is 6.02. The minimum atomic E-state index is -0.245. The number of nitrogens with zero attached hydrogens (tertiary/aromatic N) is 2. The van der Waals surface area contributed by atoms with Crippen molar-refractivity contribution >= 4 is 11.6 Å². The zero-order valence-corrected chi connectivity index (χ0v) is 11.2. The fraction of sp³-hybridized carbons (Fsp3) is 0.636. The van der Waals surface area contributed by atoms with Crippen molar-refractivity contribution in [2.75, 3.05) is 37.7 Å². The van der Waals surface area contributed by atoms with Gasteiger partial charge in [-0.25, -0.2) is 15.8 Å². The maximum Gasteiger partial charge on any atom is 0.158 e. The summed E-state index contributed by atoms with van der Waals surface area (Å²) in [5, 5.41) is 12.2. The molecule has 19 heavy (non-hydrogen) atoms. The summed E-state index contributed by atoms with van der Waals surface area (Å²) in [4.78, 5) is 8.44. The molecule has 1 heterocycles. The molecule has 0 aromatic carbocycles. The van der Waals surface area contributed by atoms with E-state index in [-0.39, 0.29) is 12.6 Å². The maximum absolute atomic E-state index is 9.20. The lowest BCUT2D eigenvalue weighted by Gasteiger charge is -2.16. The molecule has 0 fully saturated rings. The highest BCUT2D eigenvalue weighted by Gasteiger charge is 2.10. The number of ether oxygens (including phenoxy) is 2. The van der Waals surface area contributed by atoms with Crippen molar-refractivity contribution in [1.29, 1.82) is 0 Å². The molecule has 0 aliphatic heterocycles. The van der Waals surface area contributed by atoms with E-state index in [0.29, 0.717) is 37.3 Å². The minimum Gasteiger partial charge on any atom is -0.394 e. The number of hydrogen-bond donors (Lipinski definition) is 4. The lowest BCUT2D eigenvalue weighted by molar-refractivity contribution is 0.128. The first kappa shape index (κ1) is 15.6. The molecule has 1 atom stereocenters. The topological polar surface area (TPSA) is 115 Å². The van der Waals surface area contributed by atoms with Crippen LogP contribution in [0.15, 0.2) is 6.07 Å². The number of anilines is 2. The normalized spacial score (nSPS) is 12.2. The molecule has 0 saturated heterocycles. The molecule has 1 rings (SSSR count). The smallest absolute Gasteiger partial charge is 0.158 e. The molecule has 0 radical (unpaired) electrons. The predicted molar refractivity (Wildman–Crippen MR) is 71.5 cm³/mol. The number of rotatable bonds is 9. The highest BCUT2D eigenvalue weighted by Crippen LogP contribution is 2.12. The van der Waals surface area contributed by atoms with Gasteiger partial charge in [-0.15, -0.1) is 0 Å². The standard InChI is InChI=1S/C11H21N5O3/c1-3-19-7-11-14-9(4-10(15-11)16-12)13-8(5-17)6-18-2/h4,8,17H,3,5-7,12H2,1-2H3,(H2,13,14,15,16). The zero-order valence-electron chi connectivity index (χ0n) is 11.2.